The normalized spacial score (nSPS) is 10.5. The average Bonchev–Trinajstić information content (AvgIpc) is 2.61. The SMILES string of the molecule is C=CCOc1ccc(/C=C/C(=O)Nc2c(C)cccc2C)cc1OC. The molecule has 0 aliphatic rings. The summed E-state index contributed by atoms with van der Waals surface area (Å²) in [6.07, 6.45) is 4.92. The lowest BCUT2D eigenvalue weighted by molar-refractivity contribution is -0.111. The third-order valence-electron chi connectivity index (χ3n) is 3.70. The van der Waals surface area contributed by atoms with Gasteiger partial charge in [0, 0.05) is 11.8 Å². The Balaban J connectivity index is 2.10. The fraction of sp³-hybridized carbons (Fsp3) is 0.190. The molecular weight excluding hydrogens is 314 g/mol. The molecular formula is C21H23NO3. The van der Waals surface area contributed by atoms with E-state index in [0.717, 1.165) is 22.4 Å². The molecule has 1 amide bonds. The molecule has 0 aliphatic carbocycles. The molecule has 0 atom stereocenters. The van der Waals surface area contributed by atoms with Gasteiger partial charge in [0.05, 0.1) is 7.11 Å². The van der Waals surface area contributed by atoms with E-state index in [2.05, 4.69) is 11.9 Å². The number of anilines is 1. The van der Waals surface area contributed by atoms with Crippen molar-refractivity contribution in [2.75, 3.05) is 19.0 Å². The highest BCUT2D eigenvalue weighted by atomic mass is 16.5. The number of carbonyl (C=O) groups is 1. The first-order valence-electron chi connectivity index (χ1n) is 8.02. The summed E-state index contributed by atoms with van der Waals surface area (Å²) >= 11 is 0. The Bertz CT molecular complexity index is 773. The minimum atomic E-state index is -0.177. The van der Waals surface area contributed by atoms with Gasteiger partial charge < -0.3 is 14.8 Å². The number of methoxy groups -OCH3 is 1. The van der Waals surface area contributed by atoms with Crippen LogP contribution in [0.25, 0.3) is 6.08 Å². The zero-order chi connectivity index (χ0) is 18.2. The summed E-state index contributed by atoms with van der Waals surface area (Å²) in [6.45, 7) is 7.97. The number of hydrogen-bond donors (Lipinski definition) is 1. The summed E-state index contributed by atoms with van der Waals surface area (Å²) < 4.78 is 10.8. The van der Waals surface area contributed by atoms with Gasteiger partial charge in [0.15, 0.2) is 11.5 Å². The van der Waals surface area contributed by atoms with Crippen molar-refractivity contribution >= 4 is 17.7 Å². The molecule has 2 rings (SSSR count). The van der Waals surface area contributed by atoms with Crippen LogP contribution in [0.3, 0.4) is 0 Å². The number of para-hydroxylation sites is 1. The number of rotatable bonds is 7. The number of benzene rings is 2. The maximum absolute atomic E-state index is 12.2. The zero-order valence-electron chi connectivity index (χ0n) is 14.8. The third-order valence-corrected chi connectivity index (χ3v) is 3.70. The predicted octanol–water partition coefficient (Wildman–Crippen LogP) is 4.53. The second kappa shape index (κ2) is 8.73. The third kappa shape index (κ3) is 4.98. The van der Waals surface area contributed by atoms with Crippen molar-refractivity contribution in [1.29, 1.82) is 0 Å². The van der Waals surface area contributed by atoms with E-state index in [4.69, 9.17) is 9.47 Å². The highest BCUT2D eigenvalue weighted by Crippen LogP contribution is 2.28. The number of nitrogens with one attached hydrogen (secondary N) is 1. The van der Waals surface area contributed by atoms with E-state index in [0.29, 0.717) is 18.1 Å². The van der Waals surface area contributed by atoms with E-state index in [1.54, 1.807) is 19.3 Å². The minimum Gasteiger partial charge on any atom is -0.493 e. The van der Waals surface area contributed by atoms with Crippen LogP contribution in [-0.4, -0.2) is 19.6 Å². The van der Waals surface area contributed by atoms with Gasteiger partial charge in [0.2, 0.25) is 5.91 Å². The number of hydrogen-bond acceptors (Lipinski definition) is 3. The molecule has 130 valence electrons. The summed E-state index contributed by atoms with van der Waals surface area (Å²) in [5.74, 6) is 1.07. The topological polar surface area (TPSA) is 47.6 Å². The second-order valence-corrected chi connectivity index (χ2v) is 5.60. The van der Waals surface area contributed by atoms with E-state index in [1.807, 2.05) is 50.2 Å². The maximum Gasteiger partial charge on any atom is 0.248 e. The lowest BCUT2D eigenvalue weighted by Crippen LogP contribution is -2.10. The van der Waals surface area contributed by atoms with Crippen molar-refractivity contribution < 1.29 is 14.3 Å². The molecule has 4 heteroatoms. The van der Waals surface area contributed by atoms with Crippen LogP contribution in [0.2, 0.25) is 0 Å². The van der Waals surface area contributed by atoms with Crippen LogP contribution >= 0.6 is 0 Å². The predicted molar refractivity (Wildman–Crippen MR) is 102 cm³/mol. The molecule has 4 nitrogen and oxygen atoms in total. The van der Waals surface area contributed by atoms with Gasteiger partial charge in [-0.2, -0.15) is 0 Å². The van der Waals surface area contributed by atoms with Gasteiger partial charge in [-0.1, -0.05) is 36.9 Å². The van der Waals surface area contributed by atoms with Gasteiger partial charge in [-0.25, -0.2) is 0 Å². The fourth-order valence-electron chi connectivity index (χ4n) is 2.40. The molecule has 2 aromatic rings. The Morgan fingerprint density at radius 3 is 2.52 bits per heavy atom. The van der Waals surface area contributed by atoms with Crippen LogP contribution in [0.4, 0.5) is 5.69 Å². The van der Waals surface area contributed by atoms with E-state index >= 15 is 0 Å². The molecule has 0 saturated heterocycles. The molecule has 25 heavy (non-hydrogen) atoms. The summed E-state index contributed by atoms with van der Waals surface area (Å²) in [6, 6.07) is 11.4. The Hall–Kier alpha value is -3.01. The van der Waals surface area contributed by atoms with Crippen LogP contribution in [-0.2, 0) is 4.79 Å². The first-order chi connectivity index (χ1) is 12.0. The molecule has 0 radical (unpaired) electrons. The molecule has 0 bridgehead atoms. The largest absolute Gasteiger partial charge is 0.493 e. The molecule has 0 fully saturated rings. The fourth-order valence-corrected chi connectivity index (χ4v) is 2.40. The molecule has 0 aliphatic heterocycles. The van der Waals surface area contributed by atoms with Crippen LogP contribution in [0.1, 0.15) is 16.7 Å². The van der Waals surface area contributed by atoms with Crippen molar-refractivity contribution in [3.8, 4) is 11.5 Å². The zero-order valence-corrected chi connectivity index (χ0v) is 14.8. The van der Waals surface area contributed by atoms with Gasteiger partial charge in [-0.15, -0.1) is 0 Å². The van der Waals surface area contributed by atoms with Crippen molar-refractivity contribution in [3.05, 3.63) is 71.8 Å². The summed E-state index contributed by atoms with van der Waals surface area (Å²) in [7, 11) is 1.58. The Morgan fingerprint density at radius 2 is 1.88 bits per heavy atom. The smallest absolute Gasteiger partial charge is 0.248 e. The molecule has 0 spiro atoms. The van der Waals surface area contributed by atoms with Gasteiger partial charge in [-0.3, -0.25) is 4.79 Å². The first-order valence-corrected chi connectivity index (χ1v) is 8.02. The first kappa shape index (κ1) is 18.3. The van der Waals surface area contributed by atoms with E-state index < -0.39 is 0 Å². The number of amides is 1. The summed E-state index contributed by atoms with van der Waals surface area (Å²) in [4.78, 5) is 12.2. The van der Waals surface area contributed by atoms with E-state index in [9.17, 15) is 4.79 Å². The lowest BCUT2D eigenvalue weighted by atomic mass is 10.1. The number of aryl methyl sites for hydroxylation is 2. The van der Waals surface area contributed by atoms with Crippen LogP contribution in [0.5, 0.6) is 11.5 Å². The Kier molecular flexibility index (Phi) is 6.40. The van der Waals surface area contributed by atoms with Crippen LogP contribution < -0.4 is 14.8 Å². The molecule has 0 saturated carbocycles. The molecule has 0 aromatic heterocycles. The monoisotopic (exact) mass is 337 g/mol. The van der Waals surface area contributed by atoms with Gasteiger partial charge in [0.1, 0.15) is 6.61 Å². The second-order valence-electron chi connectivity index (χ2n) is 5.60. The molecule has 2 aromatic carbocycles. The van der Waals surface area contributed by atoms with Gasteiger partial charge >= 0.3 is 0 Å². The molecule has 0 heterocycles. The summed E-state index contributed by atoms with van der Waals surface area (Å²) in [5.41, 5.74) is 3.77. The lowest BCUT2D eigenvalue weighted by Gasteiger charge is -2.10. The molecule has 1 N–H and O–H groups in total. The Morgan fingerprint density at radius 1 is 1.16 bits per heavy atom. The highest BCUT2D eigenvalue weighted by Gasteiger charge is 2.06. The maximum atomic E-state index is 12.2. The summed E-state index contributed by atoms with van der Waals surface area (Å²) in [5, 5.41) is 2.92. The molecule has 0 unspecified atom stereocenters. The standard InChI is InChI=1S/C21H23NO3/c1-5-13-25-18-11-9-17(14-19(18)24-4)10-12-20(23)22-21-15(2)7-6-8-16(21)3/h5-12,14H,1,13H2,2-4H3,(H,22,23)/b12-10+. The van der Waals surface area contributed by atoms with Gasteiger partial charge in [-0.05, 0) is 48.7 Å². The number of ether oxygens (including phenoxy) is 2. The van der Waals surface area contributed by atoms with E-state index in [1.165, 1.54) is 6.08 Å². The van der Waals surface area contributed by atoms with Crippen LogP contribution in [0, 0.1) is 13.8 Å². The van der Waals surface area contributed by atoms with Crippen molar-refractivity contribution in [3.63, 3.8) is 0 Å². The number of carbonyl (C=O) groups excluding carboxylic acids is 1. The van der Waals surface area contributed by atoms with Gasteiger partial charge in [0.25, 0.3) is 0 Å². The highest BCUT2D eigenvalue weighted by molar-refractivity contribution is 6.02. The minimum absolute atomic E-state index is 0.177. The average molecular weight is 337 g/mol. The van der Waals surface area contributed by atoms with E-state index in [-0.39, 0.29) is 5.91 Å². The van der Waals surface area contributed by atoms with Crippen LogP contribution in [0.15, 0.2) is 55.1 Å². The van der Waals surface area contributed by atoms with Crippen molar-refractivity contribution in [2.45, 2.75) is 13.8 Å². The van der Waals surface area contributed by atoms with Crippen molar-refractivity contribution in [2.24, 2.45) is 0 Å². The quantitative estimate of drug-likeness (QED) is 0.596. The Labute approximate surface area is 148 Å². The van der Waals surface area contributed by atoms with Crippen molar-refractivity contribution in [1.82, 2.24) is 0 Å².